The number of hydrogen-bond acceptors (Lipinski definition) is 3. The molecule has 0 aromatic carbocycles. The number of aliphatic hydroxyl groups excluding tert-OH is 1. The molecular formula is C15H28N4O2. The van der Waals surface area contributed by atoms with Crippen molar-refractivity contribution in [2.45, 2.75) is 47.1 Å². The van der Waals surface area contributed by atoms with Crippen molar-refractivity contribution < 1.29 is 9.90 Å². The summed E-state index contributed by atoms with van der Waals surface area (Å²) in [5.74, 6) is 0.756. The number of anilines is 1. The number of carbonyl (C=O) groups excluding carboxylic acids is 1. The molecule has 1 heterocycles. The maximum Gasteiger partial charge on any atom is 0.320 e. The average Bonchev–Trinajstić information content (AvgIpc) is 2.63. The van der Waals surface area contributed by atoms with Crippen LogP contribution in [0.3, 0.4) is 0 Å². The third-order valence-electron chi connectivity index (χ3n) is 3.12. The maximum atomic E-state index is 11.8. The SMILES string of the molecule is CC(C)C(O)CNC(=O)Nc1cc(CC(C)(C)C)nn1C. The molecule has 21 heavy (non-hydrogen) atoms. The van der Waals surface area contributed by atoms with Crippen LogP contribution in [0, 0.1) is 11.3 Å². The molecule has 1 aromatic heterocycles. The van der Waals surface area contributed by atoms with Gasteiger partial charge in [0.05, 0.1) is 11.8 Å². The minimum absolute atomic E-state index is 0.111. The molecule has 0 saturated heterocycles. The van der Waals surface area contributed by atoms with Gasteiger partial charge in [0.25, 0.3) is 0 Å². The van der Waals surface area contributed by atoms with Gasteiger partial charge in [0.2, 0.25) is 0 Å². The summed E-state index contributed by atoms with van der Waals surface area (Å²) in [7, 11) is 1.80. The fourth-order valence-corrected chi connectivity index (χ4v) is 1.87. The smallest absolute Gasteiger partial charge is 0.320 e. The lowest BCUT2D eigenvalue weighted by Gasteiger charge is -2.15. The molecule has 2 amide bonds. The van der Waals surface area contributed by atoms with Crippen LogP contribution >= 0.6 is 0 Å². The second-order valence-electron chi connectivity index (χ2n) is 7.03. The normalized spacial score (nSPS) is 13.3. The first-order chi connectivity index (χ1) is 9.58. The van der Waals surface area contributed by atoms with Gasteiger partial charge < -0.3 is 10.4 Å². The lowest BCUT2D eigenvalue weighted by Crippen LogP contribution is -2.37. The molecule has 1 aromatic rings. The Morgan fingerprint density at radius 1 is 1.43 bits per heavy atom. The molecule has 0 aliphatic carbocycles. The van der Waals surface area contributed by atoms with Crippen molar-refractivity contribution in [2.24, 2.45) is 18.4 Å². The van der Waals surface area contributed by atoms with Crippen LogP contribution in [0.15, 0.2) is 6.07 Å². The number of amides is 2. The van der Waals surface area contributed by atoms with Crippen LogP contribution in [0.4, 0.5) is 10.6 Å². The first kappa shape index (κ1) is 17.5. The molecule has 120 valence electrons. The minimum Gasteiger partial charge on any atom is -0.391 e. The Kier molecular flexibility index (Phi) is 5.78. The van der Waals surface area contributed by atoms with E-state index < -0.39 is 6.10 Å². The largest absolute Gasteiger partial charge is 0.391 e. The van der Waals surface area contributed by atoms with Gasteiger partial charge in [-0.2, -0.15) is 5.10 Å². The zero-order chi connectivity index (χ0) is 16.2. The highest BCUT2D eigenvalue weighted by molar-refractivity contribution is 5.88. The lowest BCUT2D eigenvalue weighted by molar-refractivity contribution is 0.126. The van der Waals surface area contributed by atoms with E-state index in [1.165, 1.54) is 0 Å². The van der Waals surface area contributed by atoms with Crippen LogP contribution in [-0.2, 0) is 13.5 Å². The van der Waals surface area contributed by atoms with E-state index in [-0.39, 0.29) is 23.9 Å². The van der Waals surface area contributed by atoms with Crippen LogP contribution in [0.5, 0.6) is 0 Å². The molecular weight excluding hydrogens is 268 g/mol. The predicted octanol–water partition coefficient (Wildman–Crippen LogP) is 2.15. The summed E-state index contributed by atoms with van der Waals surface area (Å²) in [6.45, 7) is 10.5. The molecule has 0 aliphatic heterocycles. The van der Waals surface area contributed by atoms with Gasteiger partial charge in [-0.1, -0.05) is 34.6 Å². The van der Waals surface area contributed by atoms with Gasteiger partial charge in [-0.15, -0.1) is 0 Å². The summed E-state index contributed by atoms with van der Waals surface area (Å²) in [6, 6.07) is 1.55. The van der Waals surface area contributed by atoms with E-state index in [9.17, 15) is 9.90 Å². The van der Waals surface area contributed by atoms with E-state index in [1.807, 2.05) is 19.9 Å². The number of rotatable bonds is 5. The standard InChI is InChI=1S/C15H28N4O2/c1-10(2)12(20)9-16-14(21)17-13-7-11(18-19(13)6)8-15(3,4)5/h7,10,12,20H,8-9H2,1-6H3,(H2,16,17,21). The average molecular weight is 296 g/mol. The number of nitrogens with one attached hydrogen (secondary N) is 2. The van der Waals surface area contributed by atoms with Crippen molar-refractivity contribution in [2.75, 3.05) is 11.9 Å². The van der Waals surface area contributed by atoms with E-state index in [4.69, 9.17) is 0 Å². The first-order valence-corrected chi connectivity index (χ1v) is 7.34. The highest BCUT2D eigenvalue weighted by Gasteiger charge is 2.16. The van der Waals surface area contributed by atoms with Crippen LogP contribution in [0.1, 0.15) is 40.3 Å². The molecule has 6 heteroatoms. The fraction of sp³-hybridized carbons (Fsp3) is 0.733. The Labute approximate surface area is 126 Å². The van der Waals surface area contributed by atoms with Crippen molar-refractivity contribution in [3.05, 3.63) is 11.8 Å². The monoisotopic (exact) mass is 296 g/mol. The second kappa shape index (κ2) is 6.93. The van der Waals surface area contributed by atoms with Crippen LogP contribution in [0.25, 0.3) is 0 Å². The molecule has 0 saturated carbocycles. The zero-order valence-electron chi connectivity index (χ0n) is 13.9. The van der Waals surface area contributed by atoms with E-state index >= 15 is 0 Å². The molecule has 0 bridgehead atoms. The maximum absolute atomic E-state index is 11.8. The Morgan fingerprint density at radius 2 is 2.05 bits per heavy atom. The van der Waals surface area contributed by atoms with Crippen LogP contribution in [-0.4, -0.2) is 33.6 Å². The van der Waals surface area contributed by atoms with Crippen molar-refractivity contribution in [1.29, 1.82) is 0 Å². The lowest BCUT2D eigenvalue weighted by atomic mass is 9.91. The molecule has 0 spiro atoms. The topological polar surface area (TPSA) is 79.2 Å². The van der Waals surface area contributed by atoms with Crippen molar-refractivity contribution in [3.8, 4) is 0 Å². The van der Waals surface area contributed by atoms with Crippen LogP contribution in [0.2, 0.25) is 0 Å². The minimum atomic E-state index is -0.543. The Balaban J connectivity index is 2.57. The number of aryl methyl sites for hydroxylation is 1. The van der Waals surface area contributed by atoms with Gasteiger partial charge in [-0.25, -0.2) is 4.79 Å². The summed E-state index contributed by atoms with van der Waals surface area (Å²) in [4.78, 5) is 11.8. The third-order valence-corrected chi connectivity index (χ3v) is 3.12. The molecule has 0 radical (unpaired) electrons. The summed E-state index contributed by atoms with van der Waals surface area (Å²) in [5, 5.41) is 19.5. The summed E-state index contributed by atoms with van der Waals surface area (Å²) in [5.41, 5.74) is 1.09. The molecule has 1 unspecified atom stereocenters. The zero-order valence-corrected chi connectivity index (χ0v) is 13.9. The number of carbonyl (C=O) groups is 1. The molecule has 1 atom stereocenters. The number of nitrogens with zero attached hydrogens (tertiary/aromatic N) is 2. The van der Waals surface area contributed by atoms with Crippen molar-refractivity contribution >= 4 is 11.8 Å². The molecule has 0 fully saturated rings. The van der Waals surface area contributed by atoms with E-state index in [2.05, 4.69) is 36.5 Å². The molecule has 6 nitrogen and oxygen atoms in total. The third kappa shape index (κ3) is 6.16. The van der Waals surface area contributed by atoms with Gasteiger partial charge in [0.1, 0.15) is 5.82 Å². The first-order valence-electron chi connectivity index (χ1n) is 7.34. The number of aliphatic hydroxyl groups is 1. The highest BCUT2D eigenvalue weighted by atomic mass is 16.3. The predicted molar refractivity (Wildman–Crippen MR) is 84.2 cm³/mol. The summed E-state index contributed by atoms with van der Waals surface area (Å²) in [6.07, 6.45) is 0.301. The Hall–Kier alpha value is -1.56. The van der Waals surface area contributed by atoms with Crippen molar-refractivity contribution in [1.82, 2.24) is 15.1 Å². The Bertz CT molecular complexity index is 475. The summed E-state index contributed by atoms with van der Waals surface area (Å²) < 4.78 is 1.65. The van der Waals surface area contributed by atoms with E-state index in [0.29, 0.717) is 5.82 Å². The highest BCUT2D eigenvalue weighted by Crippen LogP contribution is 2.21. The Morgan fingerprint density at radius 3 is 2.57 bits per heavy atom. The van der Waals surface area contributed by atoms with Gasteiger partial charge >= 0.3 is 6.03 Å². The number of aromatic nitrogens is 2. The van der Waals surface area contributed by atoms with E-state index in [0.717, 1.165) is 12.1 Å². The van der Waals surface area contributed by atoms with Crippen LogP contribution < -0.4 is 10.6 Å². The fourth-order valence-electron chi connectivity index (χ4n) is 1.87. The molecule has 1 rings (SSSR count). The van der Waals surface area contributed by atoms with E-state index in [1.54, 1.807) is 11.7 Å². The van der Waals surface area contributed by atoms with Gasteiger partial charge in [0, 0.05) is 19.7 Å². The number of hydrogen-bond donors (Lipinski definition) is 3. The van der Waals surface area contributed by atoms with Gasteiger partial charge in [-0.05, 0) is 17.8 Å². The van der Waals surface area contributed by atoms with Crippen molar-refractivity contribution in [3.63, 3.8) is 0 Å². The van der Waals surface area contributed by atoms with Gasteiger partial charge in [0.15, 0.2) is 0 Å². The quantitative estimate of drug-likeness (QED) is 0.779. The summed E-state index contributed by atoms with van der Waals surface area (Å²) >= 11 is 0. The molecule has 3 N–H and O–H groups in total. The second-order valence-corrected chi connectivity index (χ2v) is 7.03. The number of urea groups is 1. The molecule has 0 aliphatic rings. The van der Waals surface area contributed by atoms with Gasteiger partial charge in [-0.3, -0.25) is 10.00 Å².